The molecule has 0 spiro atoms. The van der Waals surface area contributed by atoms with Crippen LogP contribution in [-0.2, 0) is 9.59 Å². The summed E-state index contributed by atoms with van der Waals surface area (Å²) in [6, 6.07) is 12.3. The van der Waals surface area contributed by atoms with Crippen LogP contribution in [0.2, 0.25) is 0 Å². The molecule has 0 radical (unpaired) electrons. The second kappa shape index (κ2) is 11.6. The van der Waals surface area contributed by atoms with Crippen molar-refractivity contribution in [1.82, 2.24) is 9.80 Å². The lowest BCUT2D eigenvalue weighted by atomic mass is 9.92. The summed E-state index contributed by atoms with van der Waals surface area (Å²) in [6.07, 6.45) is 0. The molecule has 0 saturated carbocycles. The van der Waals surface area contributed by atoms with Gasteiger partial charge in [-0.2, -0.15) is 0 Å². The largest absolute Gasteiger partial charge is 0.324 e. The zero-order chi connectivity index (χ0) is 24.8. The Kier molecular flexibility index (Phi) is 8.86. The van der Waals surface area contributed by atoms with Crippen LogP contribution in [0.25, 0.3) is 0 Å². The Morgan fingerprint density at radius 2 is 1.09 bits per heavy atom. The molecule has 1 fully saturated rings. The van der Waals surface area contributed by atoms with E-state index in [4.69, 9.17) is 0 Å². The molecule has 1 aliphatic heterocycles. The van der Waals surface area contributed by atoms with Crippen LogP contribution in [0.4, 0.5) is 11.4 Å². The number of nitrogens with one attached hydrogen (secondary N) is 2. The molecule has 0 aliphatic carbocycles. The van der Waals surface area contributed by atoms with Crippen LogP contribution in [-0.4, -0.2) is 60.9 Å². The fourth-order valence-electron chi connectivity index (χ4n) is 4.58. The van der Waals surface area contributed by atoms with Crippen molar-refractivity contribution < 1.29 is 9.59 Å². The number of piperazine rings is 1. The highest BCUT2D eigenvalue weighted by atomic mass is 16.2. The quantitative estimate of drug-likeness (QED) is 0.592. The number of carbonyl (C=O) groups is 2. The fourth-order valence-corrected chi connectivity index (χ4v) is 4.58. The van der Waals surface area contributed by atoms with Crippen molar-refractivity contribution in [2.75, 3.05) is 49.9 Å². The van der Waals surface area contributed by atoms with E-state index in [1.165, 1.54) is 11.1 Å². The molecule has 2 aromatic carbocycles. The van der Waals surface area contributed by atoms with Crippen molar-refractivity contribution in [2.24, 2.45) is 0 Å². The van der Waals surface area contributed by atoms with Gasteiger partial charge in [0.15, 0.2) is 0 Å². The van der Waals surface area contributed by atoms with Crippen LogP contribution < -0.4 is 10.6 Å². The summed E-state index contributed by atoms with van der Waals surface area (Å²) >= 11 is 0. The molecule has 184 valence electrons. The van der Waals surface area contributed by atoms with Crippen molar-refractivity contribution in [3.63, 3.8) is 0 Å². The molecule has 1 saturated heterocycles. The maximum absolute atomic E-state index is 12.9. The van der Waals surface area contributed by atoms with E-state index in [9.17, 15) is 9.59 Å². The third kappa shape index (κ3) is 6.67. The number of aryl methyl sites for hydroxylation is 2. The molecular weight excluding hydrogens is 424 g/mol. The first-order chi connectivity index (χ1) is 16.2. The number of rotatable bonds is 8. The normalized spacial score (nSPS) is 15.1. The predicted octanol–water partition coefficient (Wildman–Crippen LogP) is 4.75. The van der Waals surface area contributed by atoms with E-state index in [-0.39, 0.29) is 11.8 Å². The standard InChI is InChI=1S/C28H40N4O2/c1-19(2)23-11-8-12-24(20(3)4)28(23)30-26(34)18-32-15-13-31(14-16-32)17-25(33)29-27-21(5)9-7-10-22(27)6/h7-12,19-20H,13-18H2,1-6H3,(H,29,33)(H,30,34). The Bertz CT molecular complexity index is 961. The molecule has 34 heavy (non-hydrogen) atoms. The SMILES string of the molecule is Cc1cccc(C)c1NC(=O)CN1CCN(CC(=O)Nc2c(C(C)C)cccc2C(C)C)CC1. The summed E-state index contributed by atoms with van der Waals surface area (Å²) < 4.78 is 0. The zero-order valence-corrected chi connectivity index (χ0v) is 21.6. The van der Waals surface area contributed by atoms with Crippen LogP contribution in [0.3, 0.4) is 0 Å². The van der Waals surface area contributed by atoms with Gasteiger partial charge in [0, 0.05) is 37.6 Å². The molecule has 0 aromatic heterocycles. The van der Waals surface area contributed by atoms with E-state index in [1.807, 2.05) is 32.0 Å². The molecule has 1 heterocycles. The summed E-state index contributed by atoms with van der Waals surface area (Å²) in [5.41, 5.74) is 6.38. The number of carbonyl (C=O) groups excluding carboxylic acids is 2. The van der Waals surface area contributed by atoms with E-state index >= 15 is 0 Å². The van der Waals surface area contributed by atoms with Gasteiger partial charge in [-0.3, -0.25) is 19.4 Å². The summed E-state index contributed by atoms with van der Waals surface area (Å²) in [7, 11) is 0. The van der Waals surface area contributed by atoms with Gasteiger partial charge in [-0.05, 0) is 47.9 Å². The molecule has 2 amide bonds. The van der Waals surface area contributed by atoms with Gasteiger partial charge in [0.2, 0.25) is 11.8 Å². The lowest BCUT2D eigenvalue weighted by molar-refractivity contribution is -0.120. The van der Waals surface area contributed by atoms with Crippen LogP contribution in [0, 0.1) is 13.8 Å². The maximum atomic E-state index is 12.9. The average Bonchev–Trinajstić information content (AvgIpc) is 2.77. The molecule has 2 N–H and O–H groups in total. The molecular formula is C28H40N4O2. The first-order valence-electron chi connectivity index (χ1n) is 12.4. The van der Waals surface area contributed by atoms with Crippen LogP contribution in [0.5, 0.6) is 0 Å². The van der Waals surface area contributed by atoms with E-state index in [1.54, 1.807) is 0 Å². The number of nitrogens with zero attached hydrogens (tertiary/aromatic N) is 2. The second-order valence-electron chi connectivity index (χ2n) is 10.0. The van der Waals surface area contributed by atoms with Crippen LogP contribution in [0.1, 0.15) is 61.8 Å². The molecule has 0 unspecified atom stereocenters. The van der Waals surface area contributed by atoms with Gasteiger partial charge in [-0.1, -0.05) is 64.1 Å². The molecule has 6 heteroatoms. The smallest absolute Gasteiger partial charge is 0.238 e. The minimum absolute atomic E-state index is 0.00935. The van der Waals surface area contributed by atoms with Crippen LogP contribution in [0.15, 0.2) is 36.4 Å². The predicted molar refractivity (Wildman–Crippen MR) is 141 cm³/mol. The average molecular weight is 465 g/mol. The number of anilines is 2. The van der Waals surface area contributed by atoms with Crippen molar-refractivity contribution in [3.05, 3.63) is 58.7 Å². The van der Waals surface area contributed by atoms with Crippen molar-refractivity contribution in [3.8, 4) is 0 Å². The van der Waals surface area contributed by atoms with Gasteiger partial charge in [0.05, 0.1) is 13.1 Å². The van der Waals surface area contributed by atoms with Crippen molar-refractivity contribution >= 4 is 23.2 Å². The van der Waals surface area contributed by atoms with Gasteiger partial charge >= 0.3 is 0 Å². The summed E-state index contributed by atoms with van der Waals surface area (Å²) in [6.45, 7) is 16.5. The third-order valence-electron chi connectivity index (χ3n) is 6.58. The summed E-state index contributed by atoms with van der Waals surface area (Å²) in [4.78, 5) is 29.8. The Morgan fingerprint density at radius 1 is 0.706 bits per heavy atom. The number of hydrogen-bond acceptors (Lipinski definition) is 4. The number of para-hydroxylation sites is 2. The minimum atomic E-state index is 0.00935. The van der Waals surface area contributed by atoms with Gasteiger partial charge < -0.3 is 10.6 Å². The molecule has 2 aromatic rings. The Morgan fingerprint density at radius 3 is 1.50 bits per heavy atom. The van der Waals surface area contributed by atoms with Gasteiger partial charge in [0.1, 0.15) is 0 Å². The fraction of sp³-hybridized carbons (Fsp3) is 0.500. The Labute approximate surface area is 204 Å². The number of benzene rings is 2. The lowest BCUT2D eigenvalue weighted by Gasteiger charge is -2.34. The molecule has 0 bridgehead atoms. The maximum Gasteiger partial charge on any atom is 0.238 e. The monoisotopic (exact) mass is 464 g/mol. The zero-order valence-electron chi connectivity index (χ0n) is 21.6. The first kappa shape index (κ1) is 25.9. The molecule has 6 nitrogen and oxygen atoms in total. The summed E-state index contributed by atoms with van der Waals surface area (Å²) in [5, 5.41) is 6.28. The number of amides is 2. The summed E-state index contributed by atoms with van der Waals surface area (Å²) in [5.74, 6) is 0.714. The highest BCUT2D eigenvalue weighted by Crippen LogP contribution is 2.32. The highest BCUT2D eigenvalue weighted by Gasteiger charge is 2.22. The first-order valence-corrected chi connectivity index (χ1v) is 12.4. The van der Waals surface area contributed by atoms with Gasteiger partial charge in [-0.25, -0.2) is 0 Å². The minimum Gasteiger partial charge on any atom is -0.324 e. The van der Waals surface area contributed by atoms with E-state index in [2.05, 4.69) is 66.3 Å². The molecule has 3 rings (SSSR count). The Hall–Kier alpha value is -2.70. The second-order valence-corrected chi connectivity index (χ2v) is 10.0. The molecule has 0 atom stereocenters. The van der Waals surface area contributed by atoms with E-state index < -0.39 is 0 Å². The van der Waals surface area contributed by atoms with Gasteiger partial charge in [0.25, 0.3) is 0 Å². The highest BCUT2D eigenvalue weighted by molar-refractivity contribution is 5.94. The number of hydrogen-bond donors (Lipinski definition) is 2. The van der Waals surface area contributed by atoms with E-state index in [0.29, 0.717) is 24.9 Å². The van der Waals surface area contributed by atoms with E-state index in [0.717, 1.165) is 48.7 Å². The van der Waals surface area contributed by atoms with Gasteiger partial charge in [-0.15, -0.1) is 0 Å². The molecule has 1 aliphatic rings. The van der Waals surface area contributed by atoms with Crippen LogP contribution >= 0.6 is 0 Å². The lowest BCUT2D eigenvalue weighted by Crippen LogP contribution is -2.50. The third-order valence-corrected chi connectivity index (χ3v) is 6.58. The Balaban J connectivity index is 1.51. The topological polar surface area (TPSA) is 64.7 Å². The van der Waals surface area contributed by atoms with Crippen molar-refractivity contribution in [2.45, 2.75) is 53.4 Å². The van der Waals surface area contributed by atoms with Crippen molar-refractivity contribution in [1.29, 1.82) is 0 Å².